The molecule has 2 aliphatic heterocycles. The first kappa shape index (κ1) is 22.8. The highest BCUT2D eigenvalue weighted by atomic mass is 127. The minimum atomic E-state index is -1.08. The molecule has 1 N–H and O–H groups in total. The van der Waals surface area contributed by atoms with Gasteiger partial charge < -0.3 is 24.2 Å². The summed E-state index contributed by atoms with van der Waals surface area (Å²) in [7, 11) is 0. The largest absolute Gasteiger partial charge is 0.479 e. The van der Waals surface area contributed by atoms with Gasteiger partial charge in [0, 0.05) is 22.2 Å². The second-order valence-corrected chi connectivity index (χ2v) is 10.2. The van der Waals surface area contributed by atoms with Crippen molar-refractivity contribution < 1.29 is 28.9 Å². The molecule has 0 bridgehead atoms. The molecule has 1 amide bonds. The fourth-order valence-corrected chi connectivity index (χ4v) is 5.30. The van der Waals surface area contributed by atoms with E-state index in [1.807, 2.05) is 34.6 Å². The molecule has 32 heavy (non-hydrogen) atoms. The first-order valence-corrected chi connectivity index (χ1v) is 11.5. The molecule has 0 radical (unpaired) electrons. The maximum absolute atomic E-state index is 13.4. The van der Waals surface area contributed by atoms with E-state index < -0.39 is 17.7 Å². The van der Waals surface area contributed by atoms with E-state index in [0.717, 1.165) is 25.8 Å². The Hall–Kier alpha value is -2.33. The van der Waals surface area contributed by atoms with E-state index in [0.29, 0.717) is 35.7 Å². The Morgan fingerprint density at radius 1 is 1.12 bits per heavy atom. The van der Waals surface area contributed by atoms with Crippen LogP contribution in [0.15, 0.2) is 18.2 Å². The zero-order valence-corrected chi connectivity index (χ0v) is 20.9. The van der Waals surface area contributed by atoms with Crippen molar-refractivity contribution in [3.8, 4) is 11.5 Å². The lowest BCUT2D eigenvalue weighted by Gasteiger charge is -2.28. The molecule has 2 aliphatic rings. The minimum Gasteiger partial charge on any atom is -0.479 e. The molecular weight excluding hydrogens is 525 g/mol. The number of fused-ring (bicyclic) bond motifs is 2. The lowest BCUT2D eigenvalue weighted by atomic mass is 9.91. The number of hydrogen-bond donors (Lipinski definition) is 1. The molecule has 2 aromatic rings. The molecule has 1 atom stereocenters. The summed E-state index contributed by atoms with van der Waals surface area (Å²) >= 11 is 2.20. The third-order valence-corrected chi connectivity index (χ3v) is 7.20. The number of nitrogens with zero attached hydrogens (tertiary/aromatic N) is 1. The summed E-state index contributed by atoms with van der Waals surface area (Å²) in [5.74, 6) is -0.120. The number of rotatable bonds is 4. The highest BCUT2D eigenvalue weighted by molar-refractivity contribution is 14.1. The fraction of sp³-hybridized carbons (Fsp3) is 0.417. The smallest absolute Gasteiger partial charge is 0.337 e. The summed E-state index contributed by atoms with van der Waals surface area (Å²) in [6, 6.07) is 5.30. The van der Waals surface area contributed by atoms with Gasteiger partial charge in [0.25, 0.3) is 5.91 Å². The van der Waals surface area contributed by atoms with Crippen LogP contribution in [0, 0.1) is 17.4 Å². The maximum atomic E-state index is 13.4. The summed E-state index contributed by atoms with van der Waals surface area (Å²) in [6.45, 7) is 10.4. The molecule has 2 heterocycles. The quantitative estimate of drug-likeness (QED) is 0.554. The van der Waals surface area contributed by atoms with Crippen LogP contribution >= 0.6 is 22.6 Å². The number of ether oxygens (including phenoxy) is 3. The van der Waals surface area contributed by atoms with Crippen LogP contribution < -0.4 is 9.47 Å². The summed E-state index contributed by atoms with van der Waals surface area (Å²) in [5, 5.41) is 9.94. The van der Waals surface area contributed by atoms with Crippen LogP contribution in [0.25, 0.3) is 0 Å². The summed E-state index contributed by atoms with van der Waals surface area (Å²) in [6.07, 6.45) is -1.08. The predicted octanol–water partition coefficient (Wildman–Crippen LogP) is 4.73. The van der Waals surface area contributed by atoms with Crippen LogP contribution in [-0.4, -0.2) is 34.3 Å². The van der Waals surface area contributed by atoms with Crippen LogP contribution in [0.3, 0.4) is 0 Å². The Morgan fingerprint density at radius 2 is 1.78 bits per heavy atom. The molecule has 4 rings (SSSR count). The van der Waals surface area contributed by atoms with Gasteiger partial charge in [-0.3, -0.25) is 4.79 Å². The molecule has 7 nitrogen and oxygen atoms in total. The van der Waals surface area contributed by atoms with Gasteiger partial charge in [-0.05, 0) is 91.6 Å². The average molecular weight is 551 g/mol. The van der Waals surface area contributed by atoms with Crippen molar-refractivity contribution in [3.63, 3.8) is 0 Å². The molecule has 0 aromatic heterocycles. The number of benzene rings is 2. The lowest BCUT2D eigenvalue weighted by Crippen LogP contribution is -2.29. The van der Waals surface area contributed by atoms with E-state index in [1.165, 1.54) is 0 Å². The number of carboxylic acid groups (broad SMARTS) is 1. The molecule has 0 spiro atoms. The van der Waals surface area contributed by atoms with Gasteiger partial charge in [-0.1, -0.05) is 6.07 Å². The second-order valence-electron chi connectivity index (χ2n) is 9.08. The van der Waals surface area contributed by atoms with Crippen molar-refractivity contribution in [1.82, 2.24) is 4.90 Å². The SMILES string of the molecule is Cc1c(I)c(C(OC(C)(C)C)C(=O)O)c(C)c2c1CN(C(=O)c1cccc3c1OCO3)C2. The van der Waals surface area contributed by atoms with Crippen molar-refractivity contribution in [2.45, 2.75) is 59.4 Å². The number of hydrogen-bond acceptors (Lipinski definition) is 5. The Balaban J connectivity index is 1.72. The van der Waals surface area contributed by atoms with E-state index in [1.54, 1.807) is 23.1 Å². The second kappa shape index (κ2) is 8.22. The minimum absolute atomic E-state index is 0.101. The van der Waals surface area contributed by atoms with Crippen LogP contribution in [0.2, 0.25) is 0 Å². The zero-order valence-electron chi connectivity index (χ0n) is 18.7. The Bertz CT molecular complexity index is 1120. The van der Waals surface area contributed by atoms with Crippen LogP contribution in [0.5, 0.6) is 11.5 Å². The fourth-order valence-electron chi connectivity index (χ4n) is 4.29. The molecule has 0 fully saturated rings. The van der Waals surface area contributed by atoms with Gasteiger partial charge in [-0.25, -0.2) is 4.79 Å². The maximum Gasteiger partial charge on any atom is 0.337 e. The number of carbonyl (C=O) groups is 2. The van der Waals surface area contributed by atoms with Crippen LogP contribution in [0.1, 0.15) is 65.1 Å². The normalized spacial score (nSPS) is 15.6. The molecular formula is C24H26INO6. The standard InChI is InChI=1S/C24H26INO6/c1-12-15-9-26(22(27)14-7-6-8-17-20(14)31-11-30-17)10-16(15)13(2)19(25)18(12)21(23(28)29)32-24(3,4)5/h6-8,21H,9-11H2,1-5H3,(H,28,29). The Kier molecular flexibility index (Phi) is 5.87. The Labute approximate surface area is 200 Å². The van der Waals surface area contributed by atoms with Gasteiger partial charge in [0.05, 0.1) is 11.2 Å². The van der Waals surface area contributed by atoms with Gasteiger partial charge >= 0.3 is 5.97 Å². The third kappa shape index (κ3) is 3.94. The summed E-state index contributed by atoms with van der Waals surface area (Å²) in [5.41, 5.74) is 4.41. The first-order valence-electron chi connectivity index (χ1n) is 10.4. The van der Waals surface area contributed by atoms with Gasteiger partial charge in [-0.2, -0.15) is 0 Å². The molecule has 0 saturated carbocycles. The van der Waals surface area contributed by atoms with E-state index >= 15 is 0 Å². The monoisotopic (exact) mass is 551 g/mol. The molecule has 170 valence electrons. The number of halogens is 1. The van der Waals surface area contributed by atoms with Gasteiger partial charge in [-0.15, -0.1) is 0 Å². The van der Waals surface area contributed by atoms with Gasteiger partial charge in [0.1, 0.15) is 0 Å². The number of amides is 1. The number of para-hydroxylation sites is 1. The predicted molar refractivity (Wildman–Crippen MR) is 126 cm³/mol. The molecule has 2 aromatic carbocycles. The number of carboxylic acids is 1. The summed E-state index contributed by atoms with van der Waals surface area (Å²) < 4.78 is 17.7. The van der Waals surface area contributed by atoms with Crippen molar-refractivity contribution in [3.05, 3.63) is 55.1 Å². The van der Waals surface area contributed by atoms with Crippen LogP contribution in [-0.2, 0) is 22.6 Å². The average Bonchev–Trinajstić information content (AvgIpc) is 3.37. The van der Waals surface area contributed by atoms with Crippen molar-refractivity contribution >= 4 is 34.5 Å². The van der Waals surface area contributed by atoms with E-state index in [-0.39, 0.29) is 12.7 Å². The summed E-state index contributed by atoms with van der Waals surface area (Å²) in [4.78, 5) is 27.3. The molecule has 1 unspecified atom stereocenters. The Morgan fingerprint density at radius 3 is 2.41 bits per heavy atom. The molecule has 0 aliphatic carbocycles. The number of carbonyl (C=O) groups excluding carboxylic acids is 1. The van der Waals surface area contributed by atoms with E-state index in [4.69, 9.17) is 14.2 Å². The van der Waals surface area contributed by atoms with Crippen LogP contribution in [0.4, 0.5) is 0 Å². The lowest BCUT2D eigenvalue weighted by molar-refractivity contribution is -0.160. The zero-order chi connectivity index (χ0) is 23.4. The third-order valence-electron chi connectivity index (χ3n) is 5.81. The topological polar surface area (TPSA) is 85.3 Å². The van der Waals surface area contributed by atoms with E-state index in [9.17, 15) is 14.7 Å². The highest BCUT2D eigenvalue weighted by Crippen LogP contribution is 2.41. The number of aliphatic carboxylic acids is 1. The first-order chi connectivity index (χ1) is 15.0. The van der Waals surface area contributed by atoms with Crippen molar-refractivity contribution in [2.75, 3.05) is 6.79 Å². The highest BCUT2D eigenvalue weighted by Gasteiger charge is 2.36. The molecule has 0 saturated heterocycles. The van der Waals surface area contributed by atoms with Gasteiger partial charge in [0.15, 0.2) is 17.6 Å². The van der Waals surface area contributed by atoms with Crippen molar-refractivity contribution in [1.29, 1.82) is 0 Å². The molecule has 8 heteroatoms. The van der Waals surface area contributed by atoms with Crippen molar-refractivity contribution in [2.24, 2.45) is 0 Å². The van der Waals surface area contributed by atoms with Gasteiger partial charge in [0.2, 0.25) is 6.79 Å². The van der Waals surface area contributed by atoms with E-state index in [2.05, 4.69) is 22.6 Å².